The molecule has 1 atom stereocenters. The maximum atomic E-state index is 12.3. The number of anilines is 1. The Bertz CT molecular complexity index is 472. The van der Waals surface area contributed by atoms with E-state index in [1.807, 2.05) is 19.1 Å². The van der Waals surface area contributed by atoms with Crippen LogP contribution in [0.3, 0.4) is 0 Å². The van der Waals surface area contributed by atoms with Gasteiger partial charge in [-0.1, -0.05) is 31.4 Å². The number of carbonyl (C=O) groups is 1. The van der Waals surface area contributed by atoms with Crippen molar-refractivity contribution in [3.8, 4) is 0 Å². The summed E-state index contributed by atoms with van der Waals surface area (Å²) in [6.07, 6.45) is 6.18. The van der Waals surface area contributed by atoms with Crippen molar-refractivity contribution in [1.29, 1.82) is 0 Å². The third kappa shape index (κ3) is 3.54. The van der Waals surface area contributed by atoms with Gasteiger partial charge in [0.05, 0.1) is 6.04 Å². The van der Waals surface area contributed by atoms with Crippen LogP contribution in [-0.2, 0) is 11.2 Å². The molecule has 1 aliphatic rings. The lowest BCUT2D eigenvalue weighted by molar-refractivity contribution is -0.120. The molecule has 0 radical (unpaired) electrons. The van der Waals surface area contributed by atoms with Crippen LogP contribution in [0, 0.1) is 0 Å². The zero-order valence-corrected chi connectivity index (χ0v) is 13.2. The van der Waals surface area contributed by atoms with Gasteiger partial charge < -0.3 is 4.90 Å². The van der Waals surface area contributed by atoms with Crippen LogP contribution in [0.25, 0.3) is 0 Å². The minimum absolute atomic E-state index is 0.0212. The highest BCUT2D eigenvalue weighted by atomic mass is 35.5. The highest BCUT2D eigenvalue weighted by molar-refractivity contribution is 6.30. The second-order valence-corrected chi connectivity index (χ2v) is 6.11. The number of ketones is 1. The first-order valence-corrected chi connectivity index (χ1v) is 8.09. The predicted octanol–water partition coefficient (Wildman–Crippen LogP) is 4.63. The average Bonchev–Trinajstić information content (AvgIpc) is 2.45. The number of rotatable bonds is 6. The van der Waals surface area contributed by atoms with E-state index in [9.17, 15) is 4.79 Å². The van der Waals surface area contributed by atoms with Crippen molar-refractivity contribution in [2.45, 2.75) is 58.4 Å². The predicted molar refractivity (Wildman–Crippen MR) is 85.7 cm³/mol. The first-order chi connectivity index (χ1) is 9.63. The molecule has 20 heavy (non-hydrogen) atoms. The zero-order chi connectivity index (χ0) is 14.5. The number of hydrogen-bond donors (Lipinski definition) is 0. The molecule has 0 aromatic heterocycles. The lowest BCUT2D eigenvalue weighted by Gasteiger charge is -2.35. The Labute approximate surface area is 127 Å². The van der Waals surface area contributed by atoms with E-state index >= 15 is 0 Å². The van der Waals surface area contributed by atoms with E-state index in [0.29, 0.717) is 12.2 Å². The summed E-state index contributed by atoms with van der Waals surface area (Å²) < 4.78 is 0. The average molecular weight is 294 g/mol. The van der Waals surface area contributed by atoms with Gasteiger partial charge in [-0.25, -0.2) is 0 Å². The van der Waals surface area contributed by atoms with E-state index in [-0.39, 0.29) is 6.04 Å². The van der Waals surface area contributed by atoms with Crippen molar-refractivity contribution in [2.75, 3.05) is 11.4 Å². The molecule has 1 heterocycles. The topological polar surface area (TPSA) is 20.3 Å². The van der Waals surface area contributed by atoms with Gasteiger partial charge in [0, 0.05) is 23.7 Å². The molecule has 0 bridgehead atoms. The largest absolute Gasteiger partial charge is 0.362 e. The Morgan fingerprint density at radius 3 is 2.95 bits per heavy atom. The van der Waals surface area contributed by atoms with E-state index in [0.717, 1.165) is 43.7 Å². The fraction of sp³-hybridized carbons (Fsp3) is 0.588. The normalized spacial score (nSPS) is 15.8. The molecule has 1 aromatic carbocycles. The molecular formula is C17H24ClNO. The van der Waals surface area contributed by atoms with Crippen LogP contribution in [0.2, 0.25) is 5.02 Å². The standard InChI is InChI=1S/C17H24ClNO/c1-3-4-5-8-17(20)13(2)19-11-6-7-14-12-15(18)9-10-16(14)19/h9-10,12-13H,3-8,11H2,1-2H3/t13-/m1/s1. The first kappa shape index (κ1) is 15.4. The Balaban J connectivity index is 2.08. The number of benzene rings is 1. The van der Waals surface area contributed by atoms with E-state index in [1.165, 1.54) is 11.3 Å². The number of nitrogens with zero attached hydrogens (tertiary/aromatic N) is 1. The Morgan fingerprint density at radius 1 is 1.40 bits per heavy atom. The summed E-state index contributed by atoms with van der Waals surface area (Å²) in [6, 6.07) is 6.00. The van der Waals surface area contributed by atoms with E-state index in [2.05, 4.69) is 17.9 Å². The second kappa shape index (κ2) is 7.12. The van der Waals surface area contributed by atoms with Gasteiger partial charge >= 0.3 is 0 Å². The number of halogens is 1. The molecule has 3 heteroatoms. The molecule has 0 saturated carbocycles. The van der Waals surface area contributed by atoms with Gasteiger partial charge in [-0.05, 0) is 49.9 Å². The third-order valence-corrected chi connectivity index (χ3v) is 4.39. The molecule has 0 unspecified atom stereocenters. The smallest absolute Gasteiger partial charge is 0.154 e. The Kier molecular flexibility index (Phi) is 5.47. The summed E-state index contributed by atoms with van der Waals surface area (Å²) in [6.45, 7) is 5.17. The van der Waals surface area contributed by atoms with Crippen molar-refractivity contribution in [3.63, 3.8) is 0 Å². The zero-order valence-electron chi connectivity index (χ0n) is 12.5. The van der Waals surface area contributed by atoms with Crippen LogP contribution >= 0.6 is 11.6 Å². The maximum Gasteiger partial charge on any atom is 0.154 e. The Morgan fingerprint density at radius 2 is 2.20 bits per heavy atom. The van der Waals surface area contributed by atoms with E-state index < -0.39 is 0 Å². The summed E-state index contributed by atoms with van der Waals surface area (Å²) >= 11 is 6.07. The molecule has 0 N–H and O–H groups in total. The van der Waals surface area contributed by atoms with E-state index in [4.69, 9.17) is 11.6 Å². The van der Waals surface area contributed by atoms with Gasteiger partial charge in [-0.3, -0.25) is 4.79 Å². The lowest BCUT2D eigenvalue weighted by atomic mass is 9.98. The number of aryl methyl sites for hydroxylation is 1. The summed E-state index contributed by atoms with van der Waals surface area (Å²) in [5.41, 5.74) is 2.47. The van der Waals surface area contributed by atoms with Crippen molar-refractivity contribution < 1.29 is 4.79 Å². The van der Waals surface area contributed by atoms with Crippen LogP contribution < -0.4 is 4.90 Å². The number of hydrogen-bond acceptors (Lipinski definition) is 2. The van der Waals surface area contributed by atoms with Crippen LogP contribution in [0.5, 0.6) is 0 Å². The van der Waals surface area contributed by atoms with E-state index in [1.54, 1.807) is 0 Å². The summed E-state index contributed by atoms with van der Waals surface area (Å²) in [7, 11) is 0. The molecular weight excluding hydrogens is 270 g/mol. The van der Waals surface area contributed by atoms with Gasteiger partial charge in [0.25, 0.3) is 0 Å². The minimum Gasteiger partial charge on any atom is -0.362 e. The minimum atomic E-state index is -0.0212. The quantitative estimate of drug-likeness (QED) is 0.713. The molecule has 0 aliphatic carbocycles. The SMILES string of the molecule is CCCCCC(=O)[C@@H](C)N1CCCc2cc(Cl)ccc21. The number of unbranched alkanes of at least 4 members (excludes halogenated alkanes) is 2. The van der Waals surface area contributed by atoms with Crippen LogP contribution in [0.1, 0.15) is 51.5 Å². The van der Waals surface area contributed by atoms with Crippen LogP contribution in [-0.4, -0.2) is 18.4 Å². The molecule has 2 nitrogen and oxygen atoms in total. The molecule has 0 spiro atoms. The monoisotopic (exact) mass is 293 g/mol. The van der Waals surface area contributed by atoms with Crippen LogP contribution in [0.15, 0.2) is 18.2 Å². The molecule has 110 valence electrons. The molecule has 0 fully saturated rings. The molecule has 0 amide bonds. The number of carbonyl (C=O) groups excluding carboxylic acids is 1. The lowest BCUT2D eigenvalue weighted by Crippen LogP contribution is -2.42. The van der Waals surface area contributed by atoms with Crippen molar-refractivity contribution in [1.82, 2.24) is 0 Å². The van der Waals surface area contributed by atoms with Crippen molar-refractivity contribution >= 4 is 23.1 Å². The summed E-state index contributed by atoms with van der Waals surface area (Å²) in [5, 5.41) is 0.785. The summed E-state index contributed by atoms with van der Waals surface area (Å²) in [5.74, 6) is 0.362. The highest BCUT2D eigenvalue weighted by Gasteiger charge is 2.25. The van der Waals surface area contributed by atoms with Gasteiger partial charge in [0.1, 0.15) is 0 Å². The molecule has 1 aliphatic heterocycles. The van der Waals surface area contributed by atoms with Gasteiger partial charge in [-0.15, -0.1) is 0 Å². The molecule has 2 rings (SSSR count). The third-order valence-electron chi connectivity index (χ3n) is 4.16. The number of Topliss-reactive ketones (excluding diaryl/α,β-unsaturated/α-hetero) is 1. The molecule has 0 saturated heterocycles. The second-order valence-electron chi connectivity index (χ2n) is 5.67. The van der Waals surface area contributed by atoms with Crippen molar-refractivity contribution in [3.05, 3.63) is 28.8 Å². The fourth-order valence-corrected chi connectivity index (χ4v) is 3.12. The van der Waals surface area contributed by atoms with Gasteiger partial charge in [-0.2, -0.15) is 0 Å². The molecule has 1 aromatic rings. The fourth-order valence-electron chi connectivity index (χ4n) is 2.93. The number of fused-ring (bicyclic) bond motifs is 1. The Hall–Kier alpha value is -1.02. The highest BCUT2D eigenvalue weighted by Crippen LogP contribution is 2.31. The maximum absolute atomic E-state index is 12.3. The van der Waals surface area contributed by atoms with Gasteiger partial charge in [0.2, 0.25) is 0 Å². The van der Waals surface area contributed by atoms with Gasteiger partial charge in [0.15, 0.2) is 5.78 Å². The van der Waals surface area contributed by atoms with Crippen molar-refractivity contribution in [2.24, 2.45) is 0 Å². The van der Waals surface area contributed by atoms with Crippen LogP contribution in [0.4, 0.5) is 5.69 Å². The first-order valence-electron chi connectivity index (χ1n) is 7.71. The summed E-state index contributed by atoms with van der Waals surface area (Å²) in [4.78, 5) is 14.6.